The maximum absolute atomic E-state index is 13.0. The van der Waals surface area contributed by atoms with Crippen LogP contribution in [0.1, 0.15) is 37.5 Å². The minimum absolute atomic E-state index is 0.0346. The Morgan fingerprint density at radius 2 is 1.73 bits per heavy atom. The Bertz CT molecular complexity index is 1060. The summed E-state index contributed by atoms with van der Waals surface area (Å²) >= 11 is 6.25. The number of nitrogens with one attached hydrogen (secondary N) is 1. The van der Waals surface area contributed by atoms with Crippen molar-refractivity contribution in [1.82, 2.24) is 4.98 Å². The summed E-state index contributed by atoms with van der Waals surface area (Å²) in [5, 5.41) is 4.71. The SMILES string of the molecule is CO/N=C(\c1ccncc1)c1cc(Cl)ccc1NS(=O)c1ccc(C(C)(C)C)cc1. The van der Waals surface area contributed by atoms with Crippen molar-refractivity contribution < 1.29 is 9.05 Å². The fourth-order valence-electron chi connectivity index (χ4n) is 2.90. The van der Waals surface area contributed by atoms with E-state index >= 15 is 0 Å². The van der Waals surface area contributed by atoms with E-state index in [1.54, 1.807) is 30.6 Å². The summed E-state index contributed by atoms with van der Waals surface area (Å²) in [7, 11) is 0.0155. The van der Waals surface area contributed by atoms with Gasteiger partial charge in [0.2, 0.25) is 0 Å². The molecule has 5 nitrogen and oxygen atoms in total. The molecule has 30 heavy (non-hydrogen) atoms. The Morgan fingerprint density at radius 1 is 1.07 bits per heavy atom. The zero-order chi connectivity index (χ0) is 21.7. The van der Waals surface area contributed by atoms with Gasteiger partial charge < -0.3 is 9.56 Å². The van der Waals surface area contributed by atoms with Crippen LogP contribution >= 0.6 is 11.6 Å². The minimum atomic E-state index is -1.46. The number of oxime groups is 1. The largest absolute Gasteiger partial charge is 0.399 e. The van der Waals surface area contributed by atoms with Crippen molar-refractivity contribution in [2.45, 2.75) is 31.1 Å². The second-order valence-electron chi connectivity index (χ2n) is 7.69. The fraction of sp³-hybridized carbons (Fsp3) is 0.217. The number of rotatable bonds is 6. The van der Waals surface area contributed by atoms with Crippen LogP contribution < -0.4 is 4.72 Å². The molecular formula is C23H24ClN3O2S. The third-order valence-electron chi connectivity index (χ3n) is 4.51. The van der Waals surface area contributed by atoms with Gasteiger partial charge in [0, 0.05) is 28.5 Å². The van der Waals surface area contributed by atoms with Crippen LogP contribution in [0, 0.1) is 0 Å². The molecule has 0 fully saturated rings. The lowest BCUT2D eigenvalue weighted by Gasteiger charge is -2.19. The van der Waals surface area contributed by atoms with E-state index in [4.69, 9.17) is 16.4 Å². The van der Waals surface area contributed by atoms with Crippen molar-refractivity contribution >= 4 is 34.0 Å². The molecule has 1 N–H and O–H groups in total. The van der Waals surface area contributed by atoms with Gasteiger partial charge in [0.15, 0.2) is 0 Å². The summed E-state index contributed by atoms with van der Waals surface area (Å²) in [6.07, 6.45) is 3.35. The number of halogens is 1. The van der Waals surface area contributed by atoms with Crippen LogP contribution in [0.15, 0.2) is 77.0 Å². The van der Waals surface area contributed by atoms with E-state index in [9.17, 15) is 4.21 Å². The molecule has 156 valence electrons. The monoisotopic (exact) mass is 441 g/mol. The van der Waals surface area contributed by atoms with Gasteiger partial charge in [0.1, 0.15) is 23.8 Å². The van der Waals surface area contributed by atoms with Crippen molar-refractivity contribution in [1.29, 1.82) is 0 Å². The van der Waals surface area contributed by atoms with Crippen LogP contribution in [0.25, 0.3) is 0 Å². The molecule has 0 saturated carbocycles. The van der Waals surface area contributed by atoms with Gasteiger partial charge in [0.05, 0.1) is 10.6 Å². The van der Waals surface area contributed by atoms with Crippen LogP contribution in [0.3, 0.4) is 0 Å². The first-order valence-electron chi connectivity index (χ1n) is 9.40. The normalized spacial score (nSPS) is 13.0. The number of benzene rings is 2. The van der Waals surface area contributed by atoms with E-state index in [0.29, 0.717) is 26.9 Å². The molecule has 3 rings (SSSR count). The van der Waals surface area contributed by atoms with Gasteiger partial charge in [-0.3, -0.25) is 4.98 Å². The van der Waals surface area contributed by atoms with E-state index in [1.807, 2.05) is 36.4 Å². The first-order valence-corrected chi connectivity index (χ1v) is 10.9. The molecule has 0 bridgehead atoms. The molecule has 1 unspecified atom stereocenters. The number of aromatic nitrogens is 1. The summed E-state index contributed by atoms with van der Waals surface area (Å²) in [5.41, 5.74) is 3.89. The number of hydrogen-bond donors (Lipinski definition) is 1. The zero-order valence-electron chi connectivity index (χ0n) is 17.3. The smallest absolute Gasteiger partial charge is 0.150 e. The standard InChI is InChI=1S/C23H24ClN3O2S/c1-23(2,3)17-5-8-19(9-6-17)30(28)27-21-10-7-18(24)15-20(21)22(26-29-4)16-11-13-25-14-12-16/h5-15,27H,1-4H3/b26-22+. The molecular weight excluding hydrogens is 418 g/mol. The van der Waals surface area contributed by atoms with Crippen molar-refractivity contribution in [3.63, 3.8) is 0 Å². The van der Waals surface area contributed by atoms with E-state index in [0.717, 1.165) is 5.56 Å². The third-order valence-corrected chi connectivity index (χ3v) is 5.85. The molecule has 1 aromatic heterocycles. The van der Waals surface area contributed by atoms with Crippen molar-refractivity contribution in [3.05, 3.63) is 88.7 Å². The fourth-order valence-corrected chi connectivity index (χ4v) is 3.95. The van der Waals surface area contributed by atoms with E-state index in [2.05, 4.69) is 35.6 Å². The van der Waals surface area contributed by atoms with Gasteiger partial charge in [-0.25, -0.2) is 4.21 Å². The van der Waals surface area contributed by atoms with Crippen molar-refractivity contribution in [3.8, 4) is 0 Å². The molecule has 0 saturated heterocycles. The molecule has 3 aromatic rings. The average Bonchev–Trinajstić information content (AvgIpc) is 2.73. The highest BCUT2D eigenvalue weighted by molar-refractivity contribution is 7.86. The highest BCUT2D eigenvalue weighted by Crippen LogP contribution is 2.27. The first-order chi connectivity index (χ1) is 14.3. The van der Waals surface area contributed by atoms with Gasteiger partial charge in [0.25, 0.3) is 0 Å². The van der Waals surface area contributed by atoms with Crippen molar-refractivity contribution in [2.75, 3.05) is 11.8 Å². The molecule has 1 atom stereocenters. The maximum atomic E-state index is 13.0. The number of anilines is 1. The molecule has 0 amide bonds. The maximum Gasteiger partial charge on any atom is 0.150 e. The van der Waals surface area contributed by atoms with Gasteiger partial charge in [-0.1, -0.05) is 49.7 Å². The lowest BCUT2D eigenvalue weighted by Crippen LogP contribution is -2.13. The Hall–Kier alpha value is -2.70. The molecule has 0 radical (unpaired) electrons. The topological polar surface area (TPSA) is 63.6 Å². The third kappa shape index (κ3) is 5.26. The second kappa shape index (κ2) is 9.41. The number of nitrogens with zero attached hydrogens (tertiary/aromatic N) is 2. The van der Waals surface area contributed by atoms with Gasteiger partial charge >= 0.3 is 0 Å². The summed E-state index contributed by atoms with van der Waals surface area (Å²) in [6, 6.07) is 16.7. The minimum Gasteiger partial charge on any atom is -0.399 e. The predicted molar refractivity (Wildman–Crippen MR) is 124 cm³/mol. The van der Waals surface area contributed by atoms with Crippen LogP contribution in [0.2, 0.25) is 5.02 Å². The van der Waals surface area contributed by atoms with Gasteiger partial charge in [-0.2, -0.15) is 0 Å². The Balaban J connectivity index is 1.95. The van der Waals surface area contributed by atoms with Crippen LogP contribution in [-0.2, 0) is 21.2 Å². The van der Waals surface area contributed by atoms with Crippen LogP contribution in [-0.4, -0.2) is 22.0 Å². The number of pyridine rings is 1. The molecule has 0 aliphatic carbocycles. The van der Waals surface area contributed by atoms with Crippen LogP contribution in [0.5, 0.6) is 0 Å². The molecule has 0 spiro atoms. The quantitative estimate of drug-likeness (QED) is 0.402. The summed E-state index contributed by atoms with van der Waals surface area (Å²) in [6.45, 7) is 6.44. The molecule has 1 heterocycles. The molecule has 7 heteroatoms. The van der Waals surface area contributed by atoms with Crippen LogP contribution in [0.4, 0.5) is 5.69 Å². The lowest BCUT2D eigenvalue weighted by atomic mass is 9.87. The highest BCUT2D eigenvalue weighted by atomic mass is 35.5. The zero-order valence-corrected chi connectivity index (χ0v) is 18.9. The van der Waals surface area contributed by atoms with Gasteiger partial charge in [-0.15, -0.1) is 0 Å². The summed E-state index contributed by atoms with van der Waals surface area (Å²) in [5.74, 6) is 0. The highest BCUT2D eigenvalue weighted by Gasteiger charge is 2.17. The van der Waals surface area contributed by atoms with E-state index in [1.165, 1.54) is 12.7 Å². The molecule has 0 aliphatic heterocycles. The van der Waals surface area contributed by atoms with E-state index < -0.39 is 11.0 Å². The Morgan fingerprint density at radius 3 is 2.33 bits per heavy atom. The lowest BCUT2D eigenvalue weighted by molar-refractivity contribution is 0.214. The second-order valence-corrected chi connectivity index (χ2v) is 9.34. The Labute approximate surface area is 184 Å². The predicted octanol–water partition coefficient (Wildman–Crippen LogP) is 5.57. The molecule has 2 aromatic carbocycles. The van der Waals surface area contributed by atoms with Gasteiger partial charge in [-0.05, 0) is 53.4 Å². The summed E-state index contributed by atoms with van der Waals surface area (Å²) in [4.78, 5) is 9.79. The first kappa shape index (κ1) is 22.0. The summed E-state index contributed by atoms with van der Waals surface area (Å²) < 4.78 is 16.1. The Kier molecular flexibility index (Phi) is 6.90. The van der Waals surface area contributed by atoms with E-state index in [-0.39, 0.29) is 5.41 Å². The number of hydrogen-bond acceptors (Lipinski definition) is 4. The van der Waals surface area contributed by atoms with Crippen molar-refractivity contribution in [2.24, 2.45) is 5.16 Å². The molecule has 0 aliphatic rings. The average molecular weight is 442 g/mol.